The lowest BCUT2D eigenvalue weighted by molar-refractivity contribution is -0.380. The third-order valence-corrected chi connectivity index (χ3v) is 4.41. The maximum Gasteiger partial charge on any atom is 0.345 e. The maximum atomic E-state index is 13.2. The first-order chi connectivity index (χ1) is 12.0. The summed E-state index contributed by atoms with van der Waals surface area (Å²) in [6, 6.07) is 5.68. The van der Waals surface area contributed by atoms with Gasteiger partial charge in [-0.15, -0.1) is 10.2 Å². The predicted molar refractivity (Wildman–Crippen MR) is 87.8 cm³/mol. The maximum absolute atomic E-state index is 13.2. The summed E-state index contributed by atoms with van der Waals surface area (Å²) in [4.78, 5) is 25.5. The zero-order valence-electron chi connectivity index (χ0n) is 12.2. The van der Waals surface area contributed by atoms with Crippen molar-refractivity contribution >= 4 is 39.1 Å². The molecule has 3 aromatic rings. The van der Waals surface area contributed by atoms with Crippen LogP contribution in [0.3, 0.4) is 0 Å². The average Bonchev–Trinajstić information content (AvgIpc) is 3.22. The molecule has 1 N–H and O–H groups in total. The number of halogens is 1. The number of aromatic nitrogens is 3. The summed E-state index contributed by atoms with van der Waals surface area (Å²) in [5.41, 5.74) is 0.430. The zero-order valence-corrected chi connectivity index (χ0v) is 13.8. The van der Waals surface area contributed by atoms with Crippen molar-refractivity contribution in [3.63, 3.8) is 0 Å². The number of hydrogen-bond acceptors (Lipinski definition) is 9. The van der Waals surface area contributed by atoms with Crippen LogP contribution in [0.4, 0.5) is 14.5 Å². The standard InChI is InChI=1S/C13H8FN5O4S2/c14-8-3-1-2-7(4-8)11-17-18-13(23-11)24-6-9(20)16-12-15-5-10(25-12)19(21)22/h1-5H,6H2,(H,15,16,20). The lowest BCUT2D eigenvalue weighted by atomic mass is 10.2. The van der Waals surface area contributed by atoms with E-state index >= 15 is 0 Å². The van der Waals surface area contributed by atoms with Crippen molar-refractivity contribution < 1.29 is 18.5 Å². The van der Waals surface area contributed by atoms with Crippen molar-refractivity contribution in [3.8, 4) is 11.5 Å². The quantitative estimate of drug-likeness (QED) is 0.392. The molecule has 2 heterocycles. The minimum absolute atomic E-state index is 0.0574. The highest BCUT2D eigenvalue weighted by Gasteiger charge is 2.15. The summed E-state index contributed by atoms with van der Waals surface area (Å²) in [5.74, 6) is -0.780. The number of nitrogens with zero attached hydrogens (tertiary/aromatic N) is 4. The summed E-state index contributed by atoms with van der Waals surface area (Å²) < 4.78 is 18.5. The van der Waals surface area contributed by atoms with E-state index in [1.165, 1.54) is 18.2 Å². The second-order valence-corrected chi connectivity index (χ2v) is 6.42. The first-order valence-corrected chi connectivity index (χ1v) is 8.44. The van der Waals surface area contributed by atoms with Crippen molar-refractivity contribution in [1.82, 2.24) is 15.2 Å². The van der Waals surface area contributed by atoms with Crippen LogP contribution in [0.5, 0.6) is 0 Å². The molecule has 0 fully saturated rings. The molecule has 2 aromatic heterocycles. The van der Waals surface area contributed by atoms with E-state index in [9.17, 15) is 19.3 Å². The van der Waals surface area contributed by atoms with Crippen molar-refractivity contribution in [2.75, 3.05) is 11.1 Å². The summed E-state index contributed by atoms with van der Waals surface area (Å²) in [5, 5.41) is 20.7. The Labute approximate surface area is 147 Å². The third-order valence-electron chi connectivity index (χ3n) is 2.72. The van der Waals surface area contributed by atoms with Crippen molar-refractivity contribution in [2.24, 2.45) is 0 Å². The highest BCUT2D eigenvalue weighted by atomic mass is 32.2. The van der Waals surface area contributed by atoms with E-state index in [0.717, 1.165) is 29.3 Å². The van der Waals surface area contributed by atoms with Gasteiger partial charge in [-0.05, 0) is 29.5 Å². The third kappa shape index (κ3) is 4.36. The number of carbonyl (C=O) groups is 1. The fourth-order valence-electron chi connectivity index (χ4n) is 1.70. The van der Waals surface area contributed by atoms with E-state index < -0.39 is 16.6 Å². The first kappa shape index (κ1) is 17.0. The number of nitrogens with one attached hydrogen (secondary N) is 1. The van der Waals surface area contributed by atoms with Gasteiger partial charge in [-0.1, -0.05) is 17.8 Å². The van der Waals surface area contributed by atoms with Gasteiger partial charge in [0.1, 0.15) is 12.0 Å². The predicted octanol–water partition coefficient (Wildman–Crippen LogP) is 2.97. The first-order valence-electron chi connectivity index (χ1n) is 6.63. The Kier molecular flexibility index (Phi) is 5.00. The topological polar surface area (TPSA) is 124 Å². The van der Waals surface area contributed by atoms with Gasteiger partial charge in [0.15, 0.2) is 5.13 Å². The van der Waals surface area contributed by atoms with Crippen molar-refractivity contribution in [3.05, 3.63) is 46.4 Å². The van der Waals surface area contributed by atoms with Crippen LogP contribution in [0.25, 0.3) is 11.5 Å². The van der Waals surface area contributed by atoms with Crippen LogP contribution >= 0.6 is 23.1 Å². The second kappa shape index (κ2) is 7.36. The lowest BCUT2D eigenvalue weighted by Crippen LogP contribution is -2.13. The molecular formula is C13H8FN5O4S2. The molecule has 0 unspecified atom stereocenters. The average molecular weight is 381 g/mol. The van der Waals surface area contributed by atoms with Crippen molar-refractivity contribution in [2.45, 2.75) is 5.22 Å². The van der Waals surface area contributed by atoms with Crippen LogP contribution in [0.15, 0.2) is 40.1 Å². The number of anilines is 1. The number of rotatable bonds is 6. The molecule has 12 heteroatoms. The SMILES string of the molecule is O=C(CSc1nnc(-c2cccc(F)c2)o1)Nc1ncc([N+](=O)[O-])s1. The minimum atomic E-state index is -0.589. The molecule has 128 valence electrons. The van der Waals surface area contributed by atoms with Crippen LogP contribution < -0.4 is 5.32 Å². The van der Waals surface area contributed by atoms with Gasteiger partial charge in [0.25, 0.3) is 5.22 Å². The Hall–Kier alpha value is -2.86. The Bertz CT molecular complexity index is 929. The molecule has 0 spiro atoms. The molecule has 0 saturated carbocycles. The van der Waals surface area contributed by atoms with E-state index in [-0.39, 0.29) is 27.0 Å². The summed E-state index contributed by atoms with van der Waals surface area (Å²) in [6.45, 7) is 0. The summed E-state index contributed by atoms with van der Waals surface area (Å²) >= 11 is 1.73. The van der Waals surface area contributed by atoms with Gasteiger partial charge in [-0.3, -0.25) is 14.9 Å². The molecule has 25 heavy (non-hydrogen) atoms. The Morgan fingerprint density at radius 2 is 2.28 bits per heavy atom. The molecule has 0 saturated heterocycles. The molecule has 0 atom stereocenters. The number of nitro groups is 1. The van der Waals surface area contributed by atoms with E-state index in [1.54, 1.807) is 6.07 Å². The van der Waals surface area contributed by atoms with Crippen LogP contribution in [0.1, 0.15) is 0 Å². The van der Waals surface area contributed by atoms with Crippen LogP contribution in [0, 0.1) is 15.9 Å². The highest BCUT2D eigenvalue weighted by Crippen LogP contribution is 2.26. The molecule has 0 aliphatic rings. The van der Waals surface area contributed by atoms with Crippen LogP contribution in [-0.4, -0.2) is 31.8 Å². The molecule has 0 aliphatic carbocycles. The van der Waals surface area contributed by atoms with E-state index in [1.807, 2.05) is 0 Å². The number of thiazole rings is 1. The van der Waals surface area contributed by atoms with Gasteiger partial charge in [0.2, 0.25) is 11.8 Å². The molecule has 0 aliphatic heterocycles. The van der Waals surface area contributed by atoms with Gasteiger partial charge in [-0.2, -0.15) is 0 Å². The zero-order chi connectivity index (χ0) is 17.8. The van der Waals surface area contributed by atoms with Gasteiger partial charge in [-0.25, -0.2) is 9.37 Å². The smallest absolute Gasteiger partial charge is 0.345 e. The summed E-state index contributed by atoms with van der Waals surface area (Å²) in [7, 11) is 0. The normalized spacial score (nSPS) is 10.6. The van der Waals surface area contributed by atoms with Gasteiger partial charge >= 0.3 is 5.00 Å². The number of amides is 1. The summed E-state index contributed by atoms with van der Waals surface area (Å²) in [6.07, 6.45) is 1.07. The van der Waals surface area contributed by atoms with E-state index in [2.05, 4.69) is 20.5 Å². The monoisotopic (exact) mass is 381 g/mol. The van der Waals surface area contributed by atoms with Gasteiger partial charge in [0.05, 0.1) is 10.7 Å². The molecular weight excluding hydrogens is 373 g/mol. The van der Waals surface area contributed by atoms with Gasteiger partial charge in [0, 0.05) is 5.56 Å². The highest BCUT2D eigenvalue weighted by molar-refractivity contribution is 7.99. The molecule has 9 nitrogen and oxygen atoms in total. The largest absolute Gasteiger partial charge is 0.411 e. The number of benzene rings is 1. The molecule has 0 radical (unpaired) electrons. The lowest BCUT2D eigenvalue weighted by Gasteiger charge is -1.98. The molecule has 3 rings (SSSR count). The van der Waals surface area contributed by atoms with Crippen molar-refractivity contribution in [1.29, 1.82) is 0 Å². The number of thioether (sulfide) groups is 1. The Morgan fingerprint density at radius 3 is 3.00 bits per heavy atom. The number of carbonyl (C=O) groups excluding carboxylic acids is 1. The number of hydrogen-bond donors (Lipinski definition) is 1. The second-order valence-electron chi connectivity index (χ2n) is 4.48. The minimum Gasteiger partial charge on any atom is -0.411 e. The Morgan fingerprint density at radius 1 is 1.44 bits per heavy atom. The fourth-order valence-corrected chi connectivity index (χ4v) is 2.91. The molecule has 0 bridgehead atoms. The van der Waals surface area contributed by atoms with Crippen LogP contribution in [0.2, 0.25) is 0 Å². The van der Waals surface area contributed by atoms with E-state index in [4.69, 9.17) is 4.42 Å². The molecule has 1 aromatic carbocycles. The van der Waals surface area contributed by atoms with E-state index in [0.29, 0.717) is 5.56 Å². The van der Waals surface area contributed by atoms with Gasteiger partial charge < -0.3 is 9.73 Å². The Balaban J connectivity index is 1.56. The van der Waals surface area contributed by atoms with Crippen LogP contribution in [-0.2, 0) is 4.79 Å². The fraction of sp³-hybridized carbons (Fsp3) is 0.0769. The molecule has 1 amide bonds.